The minimum atomic E-state index is 0.622. The van der Waals surface area contributed by atoms with Gasteiger partial charge in [-0.1, -0.05) is 0 Å². The first-order chi connectivity index (χ1) is 6.92. The molecule has 0 amide bonds. The summed E-state index contributed by atoms with van der Waals surface area (Å²) in [6, 6.07) is 2.11. The van der Waals surface area contributed by atoms with Crippen LogP contribution in [0, 0.1) is 0 Å². The molecule has 4 rings (SSSR count). The third-order valence-electron chi connectivity index (χ3n) is 3.88. The Bertz CT molecular complexity index is 378. The monoisotopic (exact) mass is 189 g/mol. The summed E-state index contributed by atoms with van der Waals surface area (Å²) in [5.41, 5.74) is 3.03. The maximum absolute atomic E-state index is 4.56. The van der Waals surface area contributed by atoms with Crippen LogP contribution in [0.5, 0.6) is 0 Å². The van der Waals surface area contributed by atoms with Crippen molar-refractivity contribution in [2.75, 3.05) is 0 Å². The van der Waals surface area contributed by atoms with Crippen LogP contribution in [-0.2, 0) is 6.42 Å². The highest BCUT2D eigenvalue weighted by Gasteiger charge is 2.37. The highest BCUT2D eigenvalue weighted by molar-refractivity contribution is 5.29. The summed E-state index contributed by atoms with van der Waals surface area (Å²) in [6.45, 7) is 0. The van der Waals surface area contributed by atoms with Crippen molar-refractivity contribution in [3.05, 3.63) is 17.5 Å². The molecule has 2 atom stereocenters. The van der Waals surface area contributed by atoms with E-state index in [4.69, 9.17) is 0 Å². The van der Waals surface area contributed by atoms with Crippen molar-refractivity contribution in [2.24, 2.45) is 0 Å². The Balaban J connectivity index is 1.83. The number of aromatic nitrogens is 2. The Hall–Kier alpha value is -0.830. The molecule has 2 aliphatic heterocycles. The Morgan fingerprint density at radius 2 is 2.21 bits per heavy atom. The van der Waals surface area contributed by atoms with Crippen LogP contribution in [0.3, 0.4) is 0 Å². The second-order valence-corrected chi connectivity index (χ2v) is 4.92. The standard InChI is InChI=1S/C11H15N3/c1-4-10-9-6-12-14(8-2-3-8)11(9)5-7(1)13-10/h6-8,10,13H,1-5H2. The van der Waals surface area contributed by atoms with E-state index in [0.717, 1.165) is 12.1 Å². The second-order valence-electron chi connectivity index (χ2n) is 4.92. The third kappa shape index (κ3) is 0.883. The molecule has 3 heterocycles. The van der Waals surface area contributed by atoms with Crippen LogP contribution < -0.4 is 5.32 Å². The topological polar surface area (TPSA) is 29.9 Å². The van der Waals surface area contributed by atoms with Crippen LogP contribution in [0.25, 0.3) is 0 Å². The van der Waals surface area contributed by atoms with Gasteiger partial charge >= 0.3 is 0 Å². The molecule has 74 valence electrons. The Kier molecular flexibility index (Phi) is 1.28. The molecule has 14 heavy (non-hydrogen) atoms. The maximum atomic E-state index is 4.56. The van der Waals surface area contributed by atoms with Gasteiger partial charge < -0.3 is 5.32 Å². The largest absolute Gasteiger partial charge is 0.307 e. The summed E-state index contributed by atoms with van der Waals surface area (Å²) < 4.78 is 2.31. The van der Waals surface area contributed by atoms with Crippen LogP contribution in [0.4, 0.5) is 0 Å². The summed E-state index contributed by atoms with van der Waals surface area (Å²) in [7, 11) is 0. The van der Waals surface area contributed by atoms with Gasteiger partial charge in [-0.25, -0.2) is 0 Å². The van der Waals surface area contributed by atoms with E-state index in [9.17, 15) is 0 Å². The molecule has 1 aliphatic carbocycles. The summed E-state index contributed by atoms with van der Waals surface area (Å²) >= 11 is 0. The molecule has 2 unspecified atom stereocenters. The average molecular weight is 189 g/mol. The SMILES string of the molecule is c1nn(C2CC2)c2c1C1CCC(C2)N1. The van der Waals surface area contributed by atoms with Gasteiger partial charge in [0.15, 0.2) is 0 Å². The van der Waals surface area contributed by atoms with Crippen molar-refractivity contribution in [1.82, 2.24) is 15.1 Å². The van der Waals surface area contributed by atoms with Gasteiger partial charge in [0.05, 0.1) is 12.2 Å². The molecule has 1 aromatic rings. The van der Waals surface area contributed by atoms with Crippen molar-refractivity contribution >= 4 is 0 Å². The number of fused-ring (bicyclic) bond motifs is 4. The Morgan fingerprint density at radius 1 is 1.29 bits per heavy atom. The van der Waals surface area contributed by atoms with E-state index in [1.165, 1.54) is 37.7 Å². The molecule has 0 aromatic carbocycles. The van der Waals surface area contributed by atoms with Crippen LogP contribution in [0.15, 0.2) is 6.20 Å². The molecule has 0 spiro atoms. The van der Waals surface area contributed by atoms with Gasteiger partial charge in [0, 0.05) is 29.8 Å². The predicted octanol–water partition coefficient (Wildman–Crippen LogP) is 1.57. The fourth-order valence-corrected chi connectivity index (χ4v) is 3.00. The van der Waals surface area contributed by atoms with Gasteiger partial charge in [0.2, 0.25) is 0 Å². The maximum Gasteiger partial charge on any atom is 0.0540 e. The molecule has 3 heteroatoms. The van der Waals surface area contributed by atoms with E-state index in [0.29, 0.717) is 6.04 Å². The molecule has 0 radical (unpaired) electrons. The Labute approximate surface area is 83.5 Å². The number of hydrogen-bond acceptors (Lipinski definition) is 2. The molecular formula is C11H15N3. The van der Waals surface area contributed by atoms with E-state index >= 15 is 0 Å². The molecule has 3 nitrogen and oxygen atoms in total. The van der Waals surface area contributed by atoms with Crippen molar-refractivity contribution in [1.29, 1.82) is 0 Å². The summed E-state index contributed by atoms with van der Waals surface area (Å²) in [5.74, 6) is 0. The highest BCUT2D eigenvalue weighted by Crippen LogP contribution is 2.41. The van der Waals surface area contributed by atoms with Crippen molar-refractivity contribution in [3.8, 4) is 0 Å². The number of hydrogen-bond donors (Lipinski definition) is 1. The van der Waals surface area contributed by atoms with E-state index in [1.54, 1.807) is 5.69 Å². The minimum absolute atomic E-state index is 0.622. The van der Waals surface area contributed by atoms with Gasteiger partial charge in [-0.2, -0.15) is 5.10 Å². The van der Waals surface area contributed by atoms with Gasteiger partial charge in [-0.15, -0.1) is 0 Å². The summed E-state index contributed by atoms with van der Waals surface area (Å²) in [6.07, 6.45) is 8.67. The molecule has 1 saturated carbocycles. The fourth-order valence-electron chi connectivity index (χ4n) is 3.00. The minimum Gasteiger partial charge on any atom is -0.307 e. The first-order valence-corrected chi connectivity index (χ1v) is 5.74. The zero-order chi connectivity index (χ0) is 9.12. The van der Waals surface area contributed by atoms with Gasteiger partial charge in [0.1, 0.15) is 0 Å². The van der Waals surface area contributed by atoms with E-state index in [-0.39, 0.29) is 0 Å². The lowest BCUT2D eigenvalue weighted by molar-refractivity contribution is 0.484. The lowest BCUT2D eigenvalue weighted by atomic mass is 10.0. The molecule has 1 aromatic heterocycles. The zero-order valence-electron chi connectivity index (χ0n) is 8.24. The van der Waals surface area contributed by atoms with Gasteiger partial charge in [-0.3, -0.25) is 4.68 Å². The van der Waals surface area contributed by atoms with Gasteiger partial charge in [0.25, 0.3) is 0 Å². The number of rotatable bonds is 1. The third-order valence-corrected chi connectivity index (χ3v) is 3.88. The lowest BCUT2D eigenvalue weighted by Gasteiger charge is -2.22. The highest BCUT2D eigenvalue weighted by atomic mass is 15.3. The number of nitrogens with one attached hydrogen (secondary N) is 1. The van der Waals surface area contributed by atoms with E-state index in [2.05, 4.69) is 21.3 Å². The smallest absolute Gasteiger partial charge is 0.0540 e. The summed E-state index contributed by atoms with van der Waals surface area (Å²) in [4.78, 5) is 0. The molecule has 1 saturated heterocycles. The van der Waals surface area contributed by atoms with Crippen molar-refractivity contribution < 1.29 is 0 Å². The fraction of sp³-hybridized carbons (Fsp3) is 0.727. The molecule has 1 N–H and O–H groups in total. The van der Waals surface area contributed by atoms with E-state index in [1.807, 2.05) is 0 Å². The predicted molar refractivity (Wildman–Crippen MR) is 53.1 cm³/mol. The van der Waals surface area contributed by atoms with E-state index < -0.39 is 0 Å². The average Bonchev–Trinajstić information content (AvgIpc) is 2.84. The van der Waals surface area contributed by atoms with Crippen molar-refractivity contribution in [2.45, 2.75) is 50.2 Å². The molecule has 2 bridgehead atoms. The van der Waals surface area contributed by atoms with Gasteiger partial charge in [-0.05, 0) is 25.7 Å². The lowest BCUT2D eigenvalue weighted by Crippen LogP contribution is -2.32. The molecular weight excluding hydrogens is 174 g/mol. The second kappa shape index (κ2) is 2.40. The molecule has 3 aliphatic rings. The first kappa shape index (κ1) is 7.46. The molecule has 2 fully saturated rings. The van der Waals surface area contributed by atoms with Crippen LogP contribution in [-0.4, -0.2) is 15.8 Å². The van der Waals surface area contributed by atoms with Crippen LogP contribution in [0.2, 0.25) is 0 Å². The normalized spacial score (nSPS) is 34.6. The zero-order valence-corrected chi connectivity index (χ0v) is 8.24. The van der Waals surface area contributed by atoms with Crippen molar-refractivity contribution in [3.63, 3.8) is 0 Å². The number of nitrogens with zero attached hydrogens (tertiary/aromatic N) is 2. The quantitative estimate of drug-likeness (QED) is 0.726. The summed E-state index contributed by atoms with van der Waals surface area (Å²) in [5, 5.41) is 8.22. The van der Waals surface area contributed by atoms with Crippen LogP contribution >= 0.6 is 0 Å². The van der Waals surface area contributed by atoms with Crippen LogP contribution in [0.1, 0.15) is 49.0 Å². The first-order valence-electron chi connectivity index (χ1n) is 5.74. The Morgan fingerprint density at radius 3 is 3.07 bits per heavy atom.